The first kappa shape index (κ1) is 11.4. The van der Waals surface area contributed by atoms with Crippen molar-refractivity contribution >= 4 is 12.2 Å². The van der Waals surface area contributed by atoms with Crippen LogP contribution >= 0.6 is 0 Å². The lowest BCUT2D eigenvalue weighted by Crippen LogP contribution is -2.09. The van der Waals surface area contributed by atoms with Gasteiger partial charge in [0.1, 0.15) is 0 Å². The second-order valence-corrected chi connectivity index (χ2v) is 3.32. The topological polar surface area (TPSA) is 38.7 Å². The molecule has 0 fully saturated rings. The third-order valence-corrected chi connectivity index (χ3v) is 1.97. The molecule has 0 N–H and O–H groups in total. The Labute approximate surface area is 89.8 Å². The third kappa shape index (κ3) is 4.40. The summed E-state index contributed by atoms with van der Waals surface area (Å²) in [5, 5.41) is 0. The van der Waals surface area contributed by atoms with E-state index >= 15 is 0 Å². The van der Waals surface area contributed by atoms with Crippen molar-refractivity contribution in [1.82, 2.24) is 0 Å². The SMILES string of the molecule is COC(=O)CC(C)N=Cc1ccccc1. The maximum atomic E-state index is 10.9. The van der Waals surface area contributed by atoms with E-state index in [1.54, 1.807) is 6.21 Å². The fourth-order valence-corrected chi connectivity index (χ4v) is 1.13. The van der Waals surface area contributed by atoms with Gasteiger partial charge in [-0.3, -0.25) is 9.79 Å². The van der Waals surface area contributed by atoms with E-state index in [1.807, 2.05) is 37.3 Å². The first-order chi connectivity index (χ1) is 7.22. The van der Waals surface area contributed by atoms with Gasteiger partial charge in [0.15, 0.2) is 0 Å². The van der Waals surface area contributed by atoms with Crippen LogP contribution in [0.4, 0.5) is 0 Å². The minimum Gasteiger partial charge on any atom is -0.469 e. The zero-order chi connectivity index (χ0) is 11.1. The molecule has 1 atom stereocenters. The highest BCUT2D eigenvalue weighted by atomic mass is 16.5. The molecule has 80 valence electrons. The fourth-order valence-electron chi connectivity index (χ4n) is 1.13. The Morgan fingerprint density at radius 2 is 2.13 bits per heavy atom. The number of methoxy groups -OCH3 is 1. The molecule has 0 aliphatic heterocycles. The predicted octanol–water partition coefficient (Wildman–Crippen LogP) is 2.06. The van der Waals surface area contributed by atoms with Crippen molar-refractivity contribution in [3.8, 4) is 0 Å². The fraction of sp³-hybridized carbons (Fsp3) is 0.333. The summed E-state index contributed by atoms with van der Waals surface area (Å²) in [5.74, 6) is -0.229. The lowest BCUT2D eigenvalue weighted by Gasteiger charge is -2.03. The van der Waals surface area contributed by atoms with E-state index in [9.17, 15) is 4.79 Å². The van der Waals surface area contributed by atoms with Crippen molar-refractivity contribution in [3.63, 3.8) is 0 Å². The van der Waals surface area contributed by atoms with Gasteiger partial charge in [-0.25, -0.2) is 0 Å². The molecule has 0 aliphatic rings. The van der Waals surface area contributed by atoms with Crippen molar-refractivity contribution in [2.24, 2.45) is 4.99 Å². The van der Waals surface area contributed by atoms with E-state index in [-0.39, 0.29) is 12.0 Å². The number of rotatable bonds is 4. The van der Waals surface area contributed by atoms with E-state index < -0.39 is 0 Å². The molecule has 0 bridgehead atoms. The van der Waals surface area contributed by atoms with Crippen LogP contribution in [-0.2, 0) is 9.53 Å². The van der Waals surface area contributed by atoms with Crippen molar-refractivity contribution < 1.29 is 9.53 Å². The van der Waals surface area contributed by atoms with E-state index in [2.05, 4.69) is 9.73 Å². The molecule has 15 heavy (non-hydrogen) atoms. The normalized spacial score (nSPS) is 12.7. The molecule has 3 nitrogen and oxygen atoms in total. The van der Waals surface area contributed by atoms with Gasteiger partial charge in [-0.1, -0.05) is 30.3 Å². The standard InChI is InChI=1S/C12H15NO2/c1-10(8-12(14)15-2)13-9-11-6-4-3-5-7-11/h3-7,9-10H,8H2,1-2H3. The van der Waals surface area contributed by atoms with Crippen molar-refractivity contribution in [2.75, 3.05) is 7.11 Å². The van der Waals surface area contributed by atoms with Crippen LogP contribution in [0.25, 0.3) is 0 Å². The second-order valence-electron chi connectivity index (χ2n) is 3.32. The number of carbonyl (C=O) groups is 1. The average molecular weight is 205 g/mol. The molecule has 0 saturated heterocycles. The summed E-state index contributed by atoms with van der Waals surface area (Å²) in [4.78, 5) is 15.2. The molecule has 0 radical (unpaired) electrons. The second kappa shape index (κ2) is 5.96. The molecule has 3 heteroatoms. The molecule has 1 unspecified atom stereocenters. The van der Waals surface area contributed by atoms with Gasteiger partial charge in [0, 0.05) is 6.21 Å². The van der Waals surface area contributed by atoms with Crippen LogP contribution < -0.4 is 0 Å². The van der Waals surface area contributed by atoms with Gasteiger partial charge >= 0.3 is 5.97 Å². The molecular weight excluding hydrogens is 190 g/mol. The van der Waals surface area contributed by atoms with Crippen LogP contribution in [0.15, 0.2) is 35.3 Å². The molecule has 0 saturated carbocycles. The van der Waals surface area contributed by atoms with Gasteiger partial charge in [-0.15, -0.1) is 0 Å². The first-order valence-electron chi connectivity index (χ1n) is 4.87. The van der Waals surface area contributed by atoms with Crippen molar-refractivity contribution in [1.29, 1.82) is 0 Å². The largest absolute Gasteiger partial charge is 0.469 e. The monoisotopic (exact) mass is 205 g/mol. The van der Waals surface area contributed by atoms with Gasteiger partial charge in [0.05, 0.1) is 19.6 Å². The maximum Gasteiger partial charge on any atom is 0.307 e. The third-order valence-electron chi connectivity index (χ3n) is 1.97. The van der Waals surface area contributed by atoms with Gasteiger partial charge in [-0.05, 0) is 12.5 Å². The Balaban J connectivity index is 2.47. The number of ether oxygens (including phenoxy) is 1. The number of nitrogens with zero attached hydrogens (tertiary/aromatic N) is 1. The van der Waals surface area contributed by atoms with Crippen LogP contribution in [0.1, 0.15) is 18.9 Å². The number of hydrogen-bond donors (Lipinski definition) is 0. The van der Waals surface area contributed by atoms with Gasteiger partial charge in [0.2, 0.25) is 0 Å². The summed E-state index contributed by atoms with van der Waals surface area (Å²) < 4.78 is 4.56. The number of carbonyl (C=O) groups excluding carboxylic acids is 1. The molecule has 1 aromatic rings. The van der Waals surface area contributed by atoms with Crippen LogP contribution in [-0.4, -0.2) is 25.3 Å². The number of hydrogen-bond acceptors (Lipinski definition) is 3. The minimum absolute atomic E-state index is 0.0438. The zero-order valence-electron chi connectivity index (χ0n) is 9.01. The van der Waals surface area contributed by atoms with E-state index in [1.165, 1.54) is 7.11 Å². The Morgan fingerprint density at radius 3 is 2.73 bits per heavy atom. The van der Waals surface area contributed by atoms with Crippen LogP contribution in [0.2, 0.25) is 0 Å². The molecule has 0 heterocycles. The highest BCUT2D eigenvalue weighted by Crippen LogP contribution is 2.00. The Bertz CT molecular complexity index is 333. The highest BCUT2D eigenvalue weighted by Gasteiger charge is 2.05. The molecular formula is C12H15NO2. The van der Waals surface area contributed by atoms with Gasteiger partial charge in [0.25, 0.3) is 0 Å². The number of aliphatic imine (C=N–C) groups is 1. The molecule has 0 aliphatic carbocycles. The molecule has 0 spiro atoms. The molecule has 1 rings (SSSR count). The Kier molecular flexibility index (Phi) is 4.54. The summed E-state index contributed by atoms with van der Waals surface area (Å²) in [6.07, 6.45) is 2.09. The first-order valence-corrected chi connectivity index (χ1v) is 4.87. The summed E-state index contributed by atoms with van der Waals surface area (Å²) in [7, 11) is 1.38. The molecule has 0 amide bonds. The van der Waals surface area contributed by atoms with Crippen LogP contribution in [0.5, 0.6) is 0 Å². The van der Waals surface area contributed by atoms with Crippen LogP contribution in [0, 0.1) is 0 Å². The van der Waals surface area contributed by atoms with E-state index in [0.717, 1.165) is 5.56 Å². The number of esters is 1. The van der Waals surface area contributed by atoms with Crippen molar-refractivity contribution in [2.45, 2.75) is 19.4 Å². The Morgan fingerprint density at radius 1 is 1.47 bits per heavy atom. The van der Waals surface area contributed by atoms with E-state index in [0.29, 0.717) is 6.42 Å². The van der Waals surface area contributed by atoms with Crippen LogP contribution in [0.3, 0.4) is 0 Å². The molecule has 0 aromatic heterocycles. The highest BCUT2D eigenvalue weighted by molar-refractivity contribution is 5.80. The predicted molar refractivity (Wildman–Crippen MR) is 60.1 cm³/mol. The van der Waals surface area contributed by atoms with Crippen molar-refractivity contribution in [3.05, 3.63) is 35.9 Å². The minimum atomic E-state index is -0.229. The summed E-state index contributed by atoms with van der Waals surface area (Å²) in [5.41, 5.74) is 1.04. The average Bonchev–Trinajstić information content (AvgIpc) is 2.27. The maximum absolute atomic E-state index is 10.9. The smallest absolute Gasteiger partial charge is 0.307 e. The number of benzene rings is 1. The Hall–Kier alpha value is -1.64. The molecule has 1 aromatic carbocycles. The summed E-state index contributed by atoms with van der Waals surface area (Å²) >= 11 is 0. The summed E-state index contributed by atoms with van der Waals surface area (Å²) in [6, 6.07) is 9.74. The summed E-state index contributed by atoms with van der Waals surface area (Å²) in [6.45, 7) is 1.89. The lowest BCUT2D eigenvalue weighted by molar-refractivity contribution is -0.140. The van der Waals surface area contributed by atoms with Gasteiger partial charge in [-0.2, -0.15) is 0 Å². The van der Waals surface area contributed by atoms with E-state index in [4.69, 9.17) is 0 Å². The zero-order valence-corrected chi connectivity index (χ0v) is 9.01. The lowest BCUT2D eigenvalue weighted by atomic mass is 10.2. The quantitative estimate of drug-likeness (QED) is 0.557. The van der Waals surface area contributed by atoms with Gasteiger partial charge < -0.3 is 4.74 Å².